The Morgan fingerprint density at radius 2 is 1.65 bits per heavy atom. The Kier molecular flexibility index (Phi) is 3.19. The third kappa shape index (κ3) is 2.83. The molecule has 1 heterocycles. The molecule has 0 aliphatic heterocycles. The van der Waals surface area contributed by atoms with E-state index in [1.807, 2.05) is 0 Å². The molecule has 1 aromatic heterocycles. The number of aromatic nitrogens is 2. The molecule has 0 amide bonds. The van der Waals surface area contributed by atoms with E-state index in [2.05, 4.69) is 20.7 Å². The lowest BCUT2D eigenvalue weighted by atomic mass is 10.3. The minimum Gasteiger partial charge on any atom is -0.340 e. The van der Waals surface area contributed by atoms with Crippen LogP contribution in [0, 0.1) is 11.6 Å². The van der Waals surface area contributed by atoms with Crippen molar-refractivity contribution in [1.82, 2.24) is 9.97 Å². The van der Waals surface area contributed by atoms with Crippen molar-refractivity contribution < 1.29 is 8.78 Å². The first-order chi connectivity index (χ1) is 9.64. The second-order valence-corrected chi connectivity index (χ2v) is 4.70. The number of hydrogen-bond donors (Lipinski definition) is 3. The summed E-state index contributed by atoms with van der Waals surface area (Å²) in [5.41, 5.74) is 2.74. The van der Waals surface area contributed by atoms with E-state index in [4.69, 9.17) is 5.84 Å². The van der Waals surface area contributed by atoms with E-state index in [0.717, 1.165) is 18.9 Å². The van der Waals surface area contributed by atoms with Gasteiger partial charge in [-0.1, -0.05) is 0 Å². The second kappa shape index (κ2) is 5.01. The summed E-state index contributed by atoms with van der Waals surface area (Å²) in [4.78, 5) is 8.59. The van der Waals surface area contributed by atoms with Crippen LogP contribution < -0.4 is 16.6 Å². The van der Waals surface area contributed by atoms with Crippen molar-refractivity contribution in [2.45, 2.75) is 18.8 Å². The van der Waals surface area contributed by atoms with Crippen molar-refractivity contribution in [1.29, 1.82) is 0 Å². The first kappa shape index (κ1) is 12.7. The van der Waals surface area contributed by atoms with Gasteiger partial charge in [-0.3, -0.25) is 0 Å². The molecule has 0 unspecified atom stereocenters. The summed E-state index contributed by atoms with van der Waals surface area (Å²) in [7, 11) is 0. The maximum absolute atomic E-state index is 13.1. The molecule has 0 radical (unpaired) electrons. The van der Waals surface area contributed by atoms with Crippen molar-refractivity contribution in [3.63, 3.8) is 0 Å². The summed E-state index contributed by atoms with van der Waals surface area (Å²) >= 11 is 0. The normalized spacial score (nSPS) is 14.2. The number of nitrogens with two attached hydrogens (primary N) is 1. The molecule has 4 N–H and O–H groups in total. The number of hydrazine groups is 1. The number of nitrogens with zero attached hydrogens (tertiary/aromatic N) is 2. The second-order valence-electron chi connectivity index (χ2n) is 4.70. The zero-order valence-corrected chi connectivity index (χ0v) is 10.5. The molecule has 1 saturated carbocycles. The molecule has 20 heavy (non-hydrogen) atoms. The molecule has 1 aliphatic rings. The predicted octanol–water partition coefficient (Wildman–Crippen LogP) is 2.66. The van der Waals surface area contributed by atoms with Crippen LogP contribution in [-0.2, 0) is 0 Å². The number of anilines is 3. The van der Waals surface area contributed by atoms with Crippen molar-refractivity contribution >= 4 is 17.3 Å². The summed E-state index contributed by atoms with van der Waals surface area (Å²) in [5.74, 6) is 5.98. The molecule has 0 saturated heterocycles. The first-order valence-electron chi connectivity index (χ1n) is 6.23. The molecule has 1 aromatic carbocycles. The van der Waals surface area contributed by atoms with Gasteiger partial charge in [0.15, 0.2) is 0 Å². The Labute approximate surface area is 114 Å². The lowest BCUT2D eigenvalue weighted by Gasteiger charge is -2.09. The smallest absolute Gasteiger partial charge is 0.145 e. The van der Waals surface area contributed by atoms with Crippen LogP contribution in [0.3, 0.4) is 0 Å². The van der Waals surface area contributed by atoms with E-state index in [1.54, 1.807) is 6.07 Å². The largest absolute Gasteiger partial charge is 0.340 e. The van der Waals surface area contributed by atoms with Crippen LogP contribution in [0.4, 0.5) is 26.1 Å². The van der Waals surface area contributed by atoms with Gasteiger partial charge >= 0.3 is 0 Å². The highest BCUT2D eigenvalue weighted by Crippen LogP contribution is 2.39. The SMILES string of the molecule is NNc1cc(Nc2cc(F)cc(F)c2)nc(C2CC2)n1. The number of nitrogen functional groups attached to an aromatic ring is 1. The molecule has 2 aromatic rings. The molecule has 5 nitrogen and oxygen atoms in total. The zero-order chi connectivity index (χ0) is 14.1. The molecule has 7 heteroatoms. The number of hydrogen-bond acceptors (Lipinski definition) is 5. The van der Waals surface area contributed by atoms with Gasteiger partial charge in [-0.15, -0.1) is 0 Å². The van der Waals surface area contributed by atoms with Gasteiger partial charge in [-0.25, -0.2) is 24.6 Å². The van der Waals surface area contributed by atoms with Crippen LogP contribution >= 0.6 is 0 Å². The van der Waals surface area contributed by atoms with Gasteiger partial charge in [0.1, 0.15) is 29.1 Å². The summed E-state index contributed by atoms with van der Waals surface area (Å²) in [6.07, 6.45) is 2.09. The first-order valence-corrected chi connectivity index (χ1v) is 6.23. The molecule has 1 fully saturated rings. The Morgan fingerprint density at radius 3 is 2.25 bits per heavy atom. The third-order valence-electron chi connectivity index (χ3n) is 2.97. The molecule has 104 valence electrons. The van der Waals surface area contributed by atoms with Crippen molar-refractivity contribution in [2.75, 3.05) is 10.7 Å². The lowest BCUT2D eigenvalue weighted by molar-refractivity contribution is 0.584. The van der Waals surface area contributed by atoms with Gasteiger partial charge in [-0.2, -0.15) is 0 Å². The molecular weight excluding hydrogens is 264 g/mol. The quantitative estimate of drug-likeness (QED) is 0.591. The maximum atomic E-state index is 13.1. The fraction of sp³-hybridized carbons (Fsp3) is 0.231. The molecular formula is C13H13F2N5. The van der Waals surface area contributed by atoms with Gasteiger partial charge in [0.25, 0.3) is 0 Å². The predicted molar refractivity (Wildman–Crippen MR) is 71.5 cm³/mol. The Bertz CT molecular complexity index is 622. The van der Waals surface area contributed by atoms with Crippen LogP contribution in [0.1, 0.15) is 24.6 Å². The summed E-state index contributed by atoms with van der Waals surface area (Å²) < 4.78 is 26.3. The molecule has 3 rings (SSSR count). The van der Waals surface area contributed by atoms with Gasteiger partial charge in [0.2, 0.25) is 0 Å². The van der Waals surface area contributed by atoms with E-state index in [1.165, 1.54) is 12.1 Å². The number of halogens is 2. The zero-order valence-electron chi connectivity index (χ0n) is 10.5. The lowest BCUT2D eigenvalue weighted by Crippen LogP contribution is -2.11. The summed E-state index contributed by atoms with van der Waals surface area (Å²) in [6, 6.07) is 4.78. The summed E-state index contributed by atoms with van der Waals surface area (Å²) in [6.45, 7) is 0. The van der Waals surface area contributed by atoms with E-state index >= 15 is 0 Å². The molecule has 0 atom stereocenters. The van der Waals surface area contributed by atoms with E-state index in [9.17, 15) is 8.78 Å². The highest BCUT2D eigenvalue weighted by molar-refractivity contribution is 5.59. The standard InChI is InChI=1S/C13H13F2N5/c14-8-3-9(15)5-10(4-8)17-11-6-12(20-16)19-13(18-11)7-1-2-7/h3-7H,1-2,16H2,(H2,17,18,19,20). The van der Waals surface area contributed by atoms with E-state index in [-0.39, 0.29) is 5.69 Å². The van der Waals surface area contributed by atoms with Crippen molar-refractivity contribution in [3.05, 3.63) is 41.7 Å². The summed E-state index contributed by atoms with van der Waals surface area (Å²) in [5, 5.41) is 2.86. The van der Waals surface area contributed by atoms with Crippen LogP contribution in [-0.4, -0.2) is 9.97 Å². The Balaban J connectivity index is 1.90. The minimum absolute atomic E-state index is 0.283. The molecule has 0 bridgehead atoms. The maximum Gasteiger partial charge on any atom is 0.145 e. The fourth-order valence-corrected chi connectivity index (χ4v) is 1.90. The van der Waals surface area contributed by atoms with Crippen LogP contribution in [0.2, 0.25) is 0 Å². The average Bonchev–Trinajstić information content (AvgIpc) is 3.21. The minimum atomic E-state index is -0.652. The van der Waals surface area contributed by atoms with Gasteiger partial charge in [-0.05, 0) is 25.0 Å². The number of rotatable bonds is 4. The van der Waals surface area contributed by atoms with Gasteiger partial charge in [0, 0.05) is 23.7 Å². The fourth-order valence-electron chi connectivity index (χ4n) is 1.90. The van der Waals surface area contributed by atoms with Gasteiger partial charge in [0.05, 0.1) is 0 Å². The highest BCUT2D eigenvalue weighted by Gasteiger charge is 2.27. The highest BCUT2D eigenvalue weighted by atomic mass is 19.1. The number of benzene rings is 1. The number of nitrogens with one attached hydrogen (secondary N) is 2. The topological polar surface area (TPSA) is 75.9 Å². The van der Waals surface area contributed by atoms with E-state index in [0.29, 0.717) is 23.4 Å². The van der Waals surface area contributed by atoms with Gasteiger partial charge < -0.3 is 10.7 Å². The third-order valence-corrected chi connectivity index (χ3v) is 2.97. The van der Waals surface area contributed by atoms with Crippen LogP contribution in [0.5, 0.6) is 0 Å². The van der Waals surface area contributed by atoms with Crippen molar-refractivity contribution in [3.8, 4) is 0 Å². The Hall–Kier alpha value is -2.28. The van der Waals surface area contributed by atoms with Crippen LogP contribution in [0.15, 0.2) is 24.3 Å². The van der Waals surface area contributed by atoms with E-state index < -0.39 is 11.6 Å². The molecule has 1 aliphatic carbocycles. The average molecular weight is 277 g/mol. The van der Waals surface area contributed by atoms with Crippen molar-refractivity contribution in [2.24, 2.45) is 5.84 Å². The van der Waals surface area contributed by atoms with Crippen LogP contribution in [0.25, 0.3) is 0 Å². The Morgan fingerprint density at radius 1 is 1.00 bits per heavy atom. The monoisotopic (exact) mass is 277 g/mol. The molecule has 0 spiro atoms.